The molecular formula is C17H29N3O. The van der Waals surface area contributed by atoms with Crippen molar-refractivity contribution in [2.45, 2.75) is 32.7 Å². The normalized spacial score (nSPS) is 19.0. The Labute approximate surface area is 128 Å². The van der Waals surface area contributed by atoms with Crippen LogP contribution in [0.15, 0.2) is 24.3 Å². The van der Waals surface area contributed by atoms with Crippen molar-refractivity contribution in [1.82, 2.24) is 4.90 Å². The predicted octanol–water partition coefficient (Wildman–Crippen LogP) is 2.33. The Hall–Kier alpha value is -1.26. The number of rotatable bonds is 7. The number of hydrogen-bond donors (Lipinski definition) is 1. The molecule has 0 aliphatic carbocycles. The van der Waals surface area contributed by atoms with E-state index in [2.05, 4.69) is 41.8 Å². The third kappa shape index (κ3) is 4.90. The molecule has 1 aliphatic heterocycles. The molecule has 0 radical (unpaired) electrons. The summed E-state index contributed by atoms with van der Waals surface area (Å²) in [5, 5.41) is 0. The molecular weight excluding hydrogens is 262 g/mol. The second kappa shape index (κ2) is 8.25. The standard InChI is InChI=1S/C17H29N3O/c1-3-19(4-2)11-12-21-17-9-5-8-16(13-17)20-10-6-7-15(18)14-20/h5,8-9,13,15H,3-4,6-7,10-12,14,18H2,1-2H3. The molecule has 1 aliphatic rings. The van der Waals surface area contributed by atoms with Gasteiger partial charge in [0.25, 0.3) is 0 Å². The monoisotopic (exact) mass is 291 g/mol. The average molecular weight is 291 g/mol. The summed E-state index contributed by atoms with van der Waals surface area (Å²) in [4.78, 5) is 4.74. The number of benzene rings is 1. The molecule has 1 fully saturated rings. The molecule has 2 rings (SSSR count). The van der Waals surface area contributed by atoms with Crippen LogP contribution in [0, 0.1) is 0 Å². The quantitative estimate of drug-likeness (QED) is 0.837. The number of piperidine rings is 1. The highest BCUT2D eigenvalue weighted by molar-refractivity contribution is 5.51. The lowest BCUT2D eigenvalue weighted by Gasteiger charge is -2.32. The van der Waals surface area contributed by atoms with E-state index in [9.17, 15) is 0 Å². The maximum Gasteiger partial charge on any atom is 0.121 e. The molecule has 21 heavy (non-hydrogen) atoms. The molecule has 1 unspecified atom stereocenters. The smallest absolute Gasteiger partial charge is 0.121 e. The number of hydrogen-bond acceptors (Lipinski definition) is 4. The summed E-state index contributed by atoms with van der Waals surface area (Å²) < 4.78 is 5.90. The minimum Gasteiger partial charge on any atom is -0.492 e. The fourth-order valence-corrected chi connectivity index (χ4v) is 2.85. The molecule has 0 saturated carbocycles. The summed E-state index contributed by atoms with van der Waals surface area (Å²) in [6.07, 6.45) is 2.31. The lowest BCUT2D eigenvalue weighted by atomic mass is 10.1. The zero-order valence-corrected chi connectivity index (χ0v) is 13.4. The lowest BCUT2D eigenvalue weighted by Crippen LogP contribution is -2.42. The second-order valence-electron chi connectivity index (χ2n) is 5.72. The Morgan fingerprint density at radius 3 is 2.86 bits per heavy atom. The Morgan fingerprint density at radius 2 is 2.14 bits per heavy atom. The van der Waals surface area contributed by atoms with Crippen LogP contribution in [0.25, 0.3) is 0 Å². The van der Waals surface area contributed by atoms with Gasteiger partial charge in [-0.25, -0.2) is 0 Å². The molecule has 1 saturated heterocycles. The van der Waals surface area contributed by atoms with E-state index in [1.807, 2.05) is 6.07 Å². The largest absolute Gasteiger partial charge is 0.492 e. The number of nitrogens with zero attached hydrogens (tertiary/aromatic N) is 2. The van der Waals surface area contributed by atoms with Crippen molar-refractivity contribution in [3.8, 4) is 5.75 Å². The highest BCUT2D eigenvalue weighted by Crippen LogP contribution is 2.24. The summed E-state index contributed by atoms with van der Waals surface area (Å²) in [5.74, 6) is 0.957. The maximum atomic E-state index is 6.07. The Bertz CT molecular complexity index is 420. The molecule has 0 spiro atoms. The van der Waals surface area contributed by atoms with Crippen molar-refractivity contribution in [2.24, 2.45) is 5.73 Å². The van der Waals surface area contributed by atoms with Gasteiger partial charge in [-0.15, -0.1) is 0 Å². The van der Waals surface area contributed by atoms with E-state index < -0.39 is 0 Å². The van der Waals surface area contributed by atoms with Crippen molar-refractivity contribution in [1.29, 1.82) is 0 Å². The van der Waals surface area contributed by atoms with Crippen LogP contribution in [-0.2, 0) is 0 Å². The van der Waals surface area contributed by atoms with Crippen LogP contribution in [0.3, 0.4) is 0 Å². The van der Waals surface area contributed by atoms with Crippen molar-refractivity contribution in [3.05, 3.63) is 24.3 Å². The molecule has 1 aromatic carbocycles. The van der Waals surface area contributed by atoms with Crippen LogP contribution < -0.4 is 15.4 Å². The summed E-state index contributed by atoms with van der Waals surface area (Å²) in [7, 11) is 0. The van der Waals surface area contributed by atoms with E-state index in [-0.39, 0.29) is 0 Å². The fraction of sp³-hybridized carbons (Fsp3) is 0.647. The summed E-state index contributed by atoms with van der Waals surface area (Å²) in [6, 6.07) is 8.69. The van der Waals surface area contributed by atoms with Gasteiger partial charge in [-0.1, -0.05) is 19.9 Å². The molecule has 0 amide bonds. The van der Waals surface area contributed by atoms with Gasteiger partial charge < -0.3 is 20.3 Å². The molecule has 0 bridgehead atoms. The van der Waals surface area contributed by atoms with Crippen LogP contribution in [0.1, 0.15) is 26.7 Å². The minimum atomic E-state index is 0.297. The second-order valence-corrected chi connectivity index (χ2v) is 5.72. The van der Waals surface area contributed by atoms with Gasteiger partial charge in [0.15, 0.2) is 0 Å². The van der Waals surface area contributed by atoms with Gasteiger partial charge in [0, 0.05) is 37.4 Å². The van der Waals surface area contributed by atoms with Crippen LogP contribution in [0.5, 0.6) is 5.75 Å². The first-order chi connectivity index (χ1) is 10.2. The zero-order valence-electron chi connectivity index (χ0n) is 13.4. The third-order valence-electron chi connectivity index (χ3n) is 4.21. The first-order valence-electron chi connectivity index (χ1n) is 8.18. The highest BCUT2D eigenvalue weighted by atomic mass is 16.5. The fourth-order valence-electron chi connectivity index (χ4n) is 2.85. The zero-order chi connectivity index (χ0) is 15.1. The molecule has 4 heteroatoms. The molecule has 1 atom stereocenters. The van der Waals surface area contributed by atoms with E-state index in [1.54, 1.807) is 0 Å². The van der Waals surface area contributed by atoms with Crippen molar-refractivity contribution in [2.75, 3.05) is 44.2 Å². The maximum absolute atomic E-state index is 6.07. The van der Waals surface area contributed by atoms with Crippen molar-refractivity contribution >= 4 is 5.69 Å². The van der Waals surface area contributed by atoms with E-state index >= 15 is 0 Å². The lowest BCUT2D eigenvalue weighted by molar-refractivity contribution is 0.223. The van der Waals surface area contributed by atoms with Gasteiger partial charge in [0.1, 0.15) is 12.4 Å². The van der Waals surface area contributed by atoms with Gasteiger partial charge in [-0.2, -0.15) is 0 Å². The van der Waals surface area contributed by atoms with Gasteiger partial charge in [-0.05, 0) is 38.1 Å². The van der Waals surface area contributed by atoms with Crippen LogP contribution in [0.2, 0.25) is 0 Å². The minimum absolute atomic E-state index is 0.297. The van der Waals surface area contributed by atoms with E-state index in [1.165, 1.54) is 12.1 Å². The number of anilines is 1. The van der Waals surface area contributed by atoms with Crippen molar-refractivity contribution in [3.63, 3.8) is 0 Å². The van der Waals surface area contributed by atoms with E-state index in [0.717, 1.165) is 51.5 Å². The third-order valence-corrected chi connectivity index (χ3v) is 4.21. The van der Waals surface area contributed by atoms with Crippen LogP contribution >= 0.6 is 0 Å². The summed E-state index contributed by atoms with van der Waals surface area (Å²) in [5.41, 5.74) is 7.29. The summed E-state index contributed by atoms with van der Waals surface area (Å²) >= 11 is 0. The average Bonchev–Trinajstić information content (AvgIpc) is 2.52. The summed E-state index contributed by atoms with van der Waals surface area (Å²) in [6.45, 7) is 10.3. The topological polar surface area (TPSA) is 41.7 Å². The molecule has 118 valence electrons. The van der Waals surface area contributed by atoms with Gasteiger partial charge >= 0.3 is 0 Å². The van der Waals surface area contributed by atoms with Crippen LogP contribution in [-0.4, -0.2) is 50.3 Å². The van der Waals surface area contributed by atoms with Gasteiger partial charge in [0.2, 0.25) is 0 Å². The van der Waals surface area contributed by atoms with E-state index in [0.29, 0.717) is 6.04 Å². The highest BCUT2D eigenvalue weighted by Gasteiger charge is 2.17. The molecule has 0 aromatic heterocycles. The van der Waals surface area contributed by atoms with Gasteiger partial charge in [0.05, 0.1) is 0 Å². The Kier molecular flexibility index (Phi) is 6.33. The molecule has 2 N–H and O–H groups in total. The SMILES string of the molecule is CCN(CC)CCOc1cccc(N2CCCC(N)C2)c1. The number of likely N-dealkylation sites (N-methyl/N-ethyl adjacent to an activating group) is 1. The van der Waals surface area contributed by atoms with Gasteiger partial charge in [-0.3, -0.25) is 0 Å². The van der Waals surface area contributed by atoms with Crippen molar-refractivity contribution < 1.29 is 4.74 Å². The number of nitrogens with two attached hydrogens (primary N) is 1. The molecule has 4 nitrogen and oxygen atoms in total. The van der Waals surface area contributed by atoms with E-state index in [4.69, 9.17) is 10.5 Å². The Morgan fingerprint density at radius 1 is 1.33 bits per heavy atom. The Balaban J connectivity index is 1.88. The molecule has 1 aromatic rings. The number of ether oxygens (including phenoxy) is 1. The van der Waals surface area contributed by atoms with Crippen LogP contribution in [0.4, 0.5) is 5.69 Å². The first kappa shape index (κ1) is 16.1. The predicted molar refractivity (Wildman–Crippen MR) is 89.1 cm³/mol. The first-order valence-corrected chi connectivity index (χ1v) is 8.18. The molecule has 1 heterocycles.